The van der Waals surface area contributed by atoms with Gasteiger partial charge in [0.05, 0.1) is 30.0 Å². The fraction of sp³-hybridized carbons (Fsp3) is 0.200. The van der Waals surface area contributed by atoms with Crippen LogP contribution in [0.15, 0.2) is 57.7 Å². The van der Waals surface area contributed by atoms with Gasteiger partial charge < -0.3 is 19.0 Å². The fourth-order valence-corrected chi connectivity index (χ4v) is 2.69. The zero-order valence-electron chi connectivity index (χ0n) is 14.3. The van der Waals surface area contributed by atoms with Gasteiger partial charge in [0.25, 0.3) is 0 Å². The van der Waals surface area contributed by atoms with Crippen molar-refractivity contribution in [2.75, 3.05) is 19.8 Å². The van der Waals surface area contributed by atoms with Crippen LogP contribution >= 0.6 is 11.6 Å². The molecule has 27 heavy (non-hydrogen) atoms. The number of carboxylic acids is 1. The quantitative estimate of drug-likeness (QED) is 0.587. The molecule has 0 aliphatic carbocycles. The van der Waals surface area contributed by atoms with Crippen LogP contribution in [-0.2, 0) is 9.53 Å². The molecular weight excluding hydrogens is 372 g/mol. The maximum Gasteiger partial charge on any atom is 0.305 e. The summed E-state index contributed by atoms with van der Waals surface area (Å²) in [4.78, 5) is 22.6. The largest absolute Gasteiger partial charge is 0.491 e. The van der Waals surface area contributed by atoms with Gasteiger partial charge in [-0.1, -0.05) is 17.7 Å². The van der Waals surface area contributed by atoms with Gasteiger partial charge in [0.2, 0.25) is 0 Å². The van der Waals surface area contributed by atoms with Crippen LogP contribution in [0.1, 0.15) is 6.42 Å². The third kappa shape index (κ3) is 4.87. The molecule has 3 rings (SSSR count). The maximum atomic E-state index is 12.3. The SMILES string of the molecule is O=C(O)CCOCCOc1ccc(-c2cc(=O)c3cccc(Cl)c3o2)cc1. The van der Waals surface area contributed by atoms with Crippen LogP contribution in [0.25, 0.3) is 22.3 Å². The van der Waals surface area contributed by atoms with Gasteiger partial charge in [0.1, 0.15) is 18.1 Å². The summed E-state index contributed by atoms with van der Waals surface area (Å²) in [5.74, 6) is 0.152. The average Bonchev–Trinajstić information content (AvgIpc) is 2.65. The number of para-hydroxylation sites is 1. The molecule has 0 fully saturated rings. The number of benzene rings is 2. The van der Waals surface area contributed by atoms with Crippen molar-refractivity contribution >= 4 is 28.5 Å². The molecule has 0 bridgehead atoms. The first-order chi connectivity index (χ1) is 13.0. The number of carbonyl (C=O) groups is 1. The molecule has 7 heteroatoms. The van der Waals surface area contributed by atoms with Crippen LogP contribution < -0.4 is 10.2 Å². The first-order valence-corrected chi connectivity index (χ1v) is 8.67. The second-order valence-corrected chi connectivity index (χ2v) is 6.13. The van der Waals surface area contributed by atoms with Gasteiger partial charge in [0.15, 0.2) is 11.0 Å². The number of rotatable bonds is 8. The van der Waals surface area contributed by atoms with E-state index in [2.05, 4.69) is 0 Å². The Morgan fingerprint density at radius 1 is 1.07 bits per heavy atom. The molecule has 0 saturated carbocycles. The van der Waals surface area contributed by atoms with Crippen molar-refractivity contribution in [3.63, 3.8) is 0 Å². The Balaban J connectivity index is 1.65. The first-order valence-electron chi connectivity index (χ1n) is 8.30. The van der Waals surface area contributed by atoms with Crippen LogP contribution in [0.2, 0.25) is 5.02 Å². The first kappa shape index (κ1) is 18.9. The summed E-state index contributed by atoms with van der Waals surface area (Å²) in [6, 6.07) is 13.6. The van der Waals surface area contributed by atoms with Crippen molar-refractivity contribution in [2.45, 2.75) is 6.42 Å². The molecule has 0 aliphatic heterocycles. The van der Waals surface area contributed by atoms with Crippen LogP contribution in [0.3, 0.4) is 0 Å². The number of fused-ring (bicyclic) bond motifs is 1. The molecule has 6 nitrogen and oxygen atoms in total. The van der Waals surface area contributed by atoms with Crippen molar-refractivity contribution in [1.82, 2.24) is 0 Å². The summed E-state index contributed by atoms with van der Waals surface area (Å²) in [7, 11) is 0. The molecule has 0 unspecified atom stereocenters. The molecule has 2 aromatic carbocycles. The van der Waals surface area contributed by atoms with Gasteiger partial charge in [-0.25, -0.2) is 0 Å². The standard InChI is InChI=1S/C20H17ClO6/c21-16-3-1-2-15-17(22)12-18(27-20(15)16)13-4-6-14(7-5-13)26-11-10-25-9-8-19(23)24/h1-7,12H,8-11H2,(H,23,24). The smallest absolute Gasteiger partial charge is 0.305 e. The summed E-state index contributed by atoms with van der Waals surface area (Å²) in [6.45, 7) is 0.758. The topological polar surface area (TPSA) is 86.0 Å². The number of ether oxygens (including phenoxy) is 2. The minimum Gasteiger partial charge on any atom is -0.491 e. The normalized spacial score (nSPS) is 10.9. The molecule has 0 spiro atoms. The summed E-state index contributed by atoms with van der Waals surface area (Å²) in [5.41, 5.74) is 0.923. The Morgan fingerprint density at radius 2 is 1.85 bits per heavy atom. The lowest BCUT2D eigenvalue weighted by molar-refractivity contribution is -0.138. The van der Waals surface area contributed by atoms with Crippen molar-refractivity contribution in [2.24, 2.45) is 0 Å². The third-order valence-electron chi connectivity index (χ3n) is 3.80. The third-order valence-corrected chi connectivity index (χ3v) is 4.10. The summed E-state index contributed by atoms with van der Waals surface area (Å²) < 4.78 is 16.5. The zero-order chi connectivity index (χ0) is 19.2. The average molecular weight is 389 g/mol. The number of aliphatic carboxylic acids is 1. The van der Waals surface area contributed by atoms with E-state index >= 15 is 0 Å². The Labute approximate surface area is 159 Å². The van der Waals surface area contributed by atoms with E-state index in [4.69, 9.17) is 30.6 Å². The van der Waals surface area contributed by atoms with Gasteiger partial charge in [-0.3, -0.25) is 9.59 Å². The maximum absolute atomic E-state index is 12.3. The van der Waals surface area contributed by atoms with E-state index in [1.54, 1.807) is 42.5 Å². The van der Waals surface area contributed by atoms with Crippen LogP contribution in [-0.4, -0.2) is 30.9 Å². The highest BCUT2D eigenvalue weighted by Crippen LogP contribution is 2.27. The second-order valence-electron chi connectivity index (χ2n) is 5.72. The molecule has 1 aromatic heterocycles. The van der Waals surface area contributed by atoms with Gasteiger partial charge in [-0.15, -0.1) is 0 Å². The second kappa shape index (κ2) is 8.70. The highest BCUT2D eigenvalue weighted by atomic mass is 35.5. The minimum absolute atomic E-state index is 0.0321. The lowest BCUT2D eigenvalue weighted by Gasteiger charge is -2.08. The summed E-state index contributed by atoms with van der Waals surface area (Å²) in [5, 5.41) is 9.34. The molecular formula is C20H17ClO6. The summed E-state index contributed by atoms with van der Waals surface area (Å²) in [6.07, 6.45) is -0.0321. The van der Waals surface area contributed by atoms with Crippen LogP contribution in [0.5, 0.6) is 5.75 Å². The molecule has 0 saturated heterocycles. The van der Waals surface area contributed by atoms with Crippen LogP contribution in [0.4, 0.5) is 0 Å². The van der Waals surface area contributed by atoms with E-state index in [0.717, 1.165) is 5.56 Å². The number of halogens is 1. The highest BCUT2D eigenvalue weighted by molar-refractivity contribution is 6.34. The van der Waals surface area contributed by atoms with Gasteiger partial charge in [-0.05, 0) is 36.4 Å². The minimum atomic E-state index is -0.895. The number of hydrogen-bond donors (Lipinski definition) is 1. The Morgan fingerprint density at radius 3 is 2.59 bits per heavy atom. The van der Waals surface area contributed by atoms with Crippen molar-refractivity contribution < 1.29 is 23.8 Å². The fourth-order valence-electron chi connectivity index (χ4n) is 2.48. The molecule has 0 radical (unpaired) electrons. The molecule has 0 amide bonds. The van der Waals surface area contributed by atoms with Gasteiger partial charge in [0, 0.05) is 11.6 Å². The highest BCUT2D eigenvalue weighted by Gasteiger charge is 2.09. The van der Waals surface area contributed by atoms with E-state index in [0.29, 0.717) is 40.7 Å². The zero-order valence-corrected chi connectivity index (χ0v) is 15.1. The van der Waals surface area contributed by atoms with Crippen molar-refractivity contribution in [3.8, 4) is 17.1 Å². The van der Waals surface area contributed by atoms with Gasteiger partial charge >= 0.3 is 5.97 Å². The molecule has 0 aliphatic rings. The molecule has 1 heterocycles. The molecule has 1 N–H and O–H groups in total. The lowest BCUT2D eigenvalue weighted by atomic mass is 10.1. The van der Waals surface area contributed by atoms with Crippen LogP contribution in [0, 0.1) is 0 Å². The van der Waals surface area contributed by atoms with E-state index in [-0.39, 0.29) is 18.5 Å². The van der Waals surface area contributed by atoms with Crippen molar-refractivity contribution in [1.29, 1.82) is 0 Å². The predicted octanol–water partition coefficient (Wildman–Crippen LogP) is 3.98. The molecule has 140 valence electrons. The van der Waals surface area contributed by atoms with E-state index in [1.165, 1.54) is 6.07 Å². The number of hydrogen-bond acceptors (Lipinski definition) is 5. The van der Waals surface area contributed by atoms with Gasteiger partial charge in [-0.2, -0.15) is 0 Å². The Hall–Kier alpha value is -2.83. The van der Waals surface area contributed by atoms with E-state index < -0.39 is 5.97 Å². The predicted molar refractivity (Wildman–Crippen MR) is 101 cm³/mol. The van der Waals surface area contributed by atoms with E-state index in [1.807, 2.05) is 0 Å². The Kier molecular flexibility index (Phi) is 6.11. The summed E-state index contributed by atoms with van der Waals surface area (Å²) >= 11 is 6.13. The Bertz CT molecular complexity index is 994. The van der Waals surface area contributed by atoms with Crippen molar-refractivity contribution in [3.05, 3.63) is 63.8 Å². The number of carboxylic acid groups (broad SMARTS) is 1. The molecule has 3 aromatic rings. The molecule has 0 atom stereocenters. The monoisotopic (exact) mass is 388 g/mol. The lowest BCUT2D eigenvalue weighted by Crippen LogP contribution is -2.09. The van der Waals surface area contributed by atoms with E-state index in [9.17, 15) is 9.59 Å².